The van der Waals surface area contributed by atoms with Gasteiger partial charge in [0.25, 0.3) is 0 Å². The average molecular weight is 536 g/mol. The highest BCUT2D eigenvalue weighted by Gasteiger charge is 2.20. The van der Waals surface area contributed by atoms with E-state index in [1.807, 2.05) is 19.0 Å². The van der Waals surface area contributed by atoms with Crippen molar-refractivity contribution in [3.05, 3.63) is 19.1 Å². The molecule has 0 aliphatic carbocycles. The third-order valence-corrected chi connectivity index (χ3v) is 7.40. The van der Waals surface area contributed by atoms with E-state index in [1.165, 1.54) is 63.9 Å². The normalized spacial score (nSPS) is 15.1. The first kappa shape index (κ1) is 36.6. The number of carbonyl (C=O) groups is 2. The highest BCUT2D eigenvalue weighted by molar-refractivity contribution is 5.72. The Kier molecular flexibility index (Phi) is 22.7. The minimum atomic E-state index is -0.430. The van der Waals surface area contributed by atoms with Crippen molar-refractivity contribution in [2.45, 2.75) is 131 Å². The SMILES string of the molecule is [CH]/C=C/COC(=O)CC(CCC(C)CCCC(C)CCCC(C)CCCC(C)C)OC(=O)CCCN(C)C. The van der Waals surface area contributed by atoms with Gasteiger partial charge in [0.15, 0.2) is 0 Å². The van der Waals surface area contributed by atoms with E-state index < -0.39 is 6.10 Å². The smallest absolute Gasteiger partial charge is 0.309 e. The van der Waals surface area contributed by atoms with Crippen molar-refractivity contribution in [2.75, 3.05) is 27.2 Å². The molecule has 0 spiro atoms. The van der Waals surface area contributed by atoms with Crippen LogP contribution in [0.3, 0.4) is 0 Å². The highest BCUT2D eigenvalue weighted by atomic mass is 16.6. The van der Waals surface area contributed by atoms with Crippen LogP contribution in [0, 0.1) is 30.6 Å². The van der Waals surface area contributed by atoms with Crippen molar-refractivity contribution in [3.63, 3.8) is 0 Å². The molecule has 0 aliphatic heterocycles. The molecule has 0 saturated heterocycles. The molecule has 0 N–H and O–H groups in total. The van der Waals surface area contributed by atoms with E-state index >= 15 is 0 Å². The summed E-state index contributed by atoms with van der Waals surface area (Å²) in [5.74, 6) is 2.40. The van der Waals surface area contributed by atoms with E-state index in [0.29, 0.717) is 18.8 Å². The van der Waals surface area contributed by atoms with E-state index in [1.54, 1.807) is 6.08 Å². The fourth-order valence-corrected chi connectivity index (χ4v) is 4.84. The van der Waals surface area contributed by atoms with E-state index in [2.05, 4.69) is 34.6 Å². The van der Waals surface area contributed by atoms with Gasteiger partial charge in [0.2, 0.25) is 0 Å². The summed E-state index contributed by atoms with van der Waals surface area (Å²) in [6, 6.07) is 0. The fourth-order valence-electron chi connectivity index (χ4n) is 4.84. The Balaban J connectivity index is 4.33. The van der Waals surface area contributed by atoms with E-state index in [0.717, 1.165) is 37.1 Å². The van der Waals surface area contributed by atoms with Crippen LogP contribution in [0.2, 0.25) is 0 Å². The van der Waals surface area contributed by atoms with Crippen LogP contribution in [0.4, 0.5) is 0 Å². The van der Waals surface area contributed by atoms with Crippen molar-refractivity contribution in [1.82, 2.24) is 4.90 Å². The zero-order chi connectivity index (χ0) is 28.8. The highest BCUT2D eigenvalue weighted by Crippen LogP contribution is 2.24. The zero-order valence-electron chi connectivity index (χ0n) is 26.0. The van der Waals surface area contributed by atoms with Crippen LogP contribution < -0.4 is 0 Å². The predicted molar refractivity (Wildman–Crippen MR) is 160 cm³/mol. The molecule has 0 fully saturated rings. The summed E-state index contributed by atoms with van der Waals surface area (Å²) in [6.45, 7) is 18.0. The zero-order valence-corrected chi connectivity index (χ0v) is 26.0. The third kappa shape index (κ3) is 23.7. The predicted octanol–water partition coefficient (Wildman–Crippen LogP) is 8.30. The number of allylic oxidation sites excluding steroid dienone is 1. The monoisotopic (exact) mass is 535 g/mol. The maximum Gasteiger partial charge on any atom is 0.309 e. The summed E-state index contributed by atoms with van der Waals surface area (Å²) in [6.07, 6.45) is 17.2. The number of nitrogens with zero attached hydrogens (tertiary/aromatic N) is 1. The maximum absolute atomic E-state index is 12.4. The van der Waals surface area contributed by atoms with Crippen molar-refractivity contribution in [2.24, 2.45) is 23.7 Å². The van der Waals surface area contributed by atoms with E-state index in [9.17, 15) is 9.59 Å². The van der Waals surface area contributed by atoms with Crippen LogP contribution in [0.25, 0.3) is 0 Å². The van der Waals surface area contributed by atoms with Gasteiger partial charge >= 0.3 is 11.9 Å². The molecule has 0 aromatic heterocycles. The van der Waals surface area contributed by atoms with Gasteiger partial charge in [0.05, 0.1) is 6.42 Å². The summed E-state index contributed by atoms with van der Waals surface area (Å²) in [7, 11) is 3.97. The van der Waals surface area contributed by atoms with Gasteiger partial charge in [-0.3, -0.25) is 9.59 Å². The molecule has 222 valence electrons. The van der Waals surface area contributed by atoms with Crippen molar-refractivity contribution >= 4 is 11.9 Å². The Morgan fingerprint density at radius 2 is 1.26 bits per heavy atom. The quantitative estimate of drug-likeness (QED) is 0.116. The van der Waals surface area contributed by atoms with Gasteiger partial charge < -0.3 is 14.4 Å². The van der Waals surface area contributed by atoms with Gasteiger partial charge in [-0.15, -0.1) is 0 Å². The number of hydrogen-bond donors (Lipinski definition) is 0. The van der Waals surface area contributed by atoms with E-state index in [-0.39, 0.29) is 25.0 Å². The fraction of sp³-hybridized carbons (Fsp3) is 0.848. The molecular weight excluding hydrogens is 474 g/mol. The summed E-state index contributed by atoms with van der Waals surface area (Å²) < 4.78 is 10.9. The molecule has 0 heterocycles. The number of ether oxygens (including phenoxy) is 2. The molecule has 0 aromatic carbocycles. The number of rotatable bonds is 24. The summed E-state index contributed by atoms with van der Waals surface area (Å²) in [5.41, 5.74) is 0. The first-order valence-electron chi connectivity index (χ1n) is 15.4. The first-order valence-corrected chi connectivity index (χ1v) is 15.4. The van der Waals surface area contributed by atoms with Crippen molar-refractivity contribution in [3.8, 4) is 0 Å². The van der Waals surface area contributed by atoms with Crippen LogP contribution in [0.15, 0.2) is 12.2 Å². The Morgan fingerprint density at radius 1 is 0.737 bits per heavy atom. The second-order valence-corrected chi connectivity index (χ2v) is 12.4. The lowest BCUT2D eigenvalue weighted by Crippen LogP contribution is -2.24. The van der Waals surface area contributed by atoms with Crippen LogP contribution in [-0.4, -0.2) is 50.2 Å². The largest absolute Gasteiger partial charge is 0.462 e. The third-order valence-electron chi connectivity index (χ3n) is 7.40. The summed E-state index contributed by atoms with van der Waals surface area (Å²) in [4.78, 5) is 26.6. The van der Waals surface area contributed by atoms with Crippen LogP contribution in [-0.2, 0) is 19.1 Å². The van der Waals surface area contributed by atoms with Gasteiger partial charge in [0, 0.05) is 6.42 Å². The molecular formula is C33H61NO4. The Bertz CT molecular complexity index is 616. The Hall–Kier alpha value is -1.36. The molecule has 38 heavy (non-hydrogen) atoms. The molecule has 0 bridgehead atoms. The lowest BCUT2D eigenvalue weighted by atomic mass is 9.90. The second-order valence-electron chi connectivity index (χ2n) is 12.4. The first-order chi connectivity index (χ1) is 18.0. The van der Waals surface area contributed by atoms with Crippen LogP contribution in [0.1, 0.15) is 125 Å². The van der Waals surface area contributed by atoms with Crippen LogP contribution >= 0.6 is 0 Å². The lowest BCUT2D eigenvalue weighted by molar-refractivity contribution is -0.155. The molecule has 4 unspecified atom stereocenters. The van der Waals surface area contributed by atoms with E-state index in [4.69, 9.17) is 16.4 Å². The minimum absolute atomic E-state index is 0.0947. The van der Waals surface area contributed by atoms with Gasteiger partial charge in [-0.1, -0.05) is 105 Å². The van der Waals surface area contributed by atoms with Crippen molar-refractivity contribution < 1.29 is 19.1 Å². The molecule has 0 aliphatic rings. The molecule has 0 rings (SSSR count). The number of hydrogen-bond acceptors (Lipinski definition) is 5. The topological polar surface area (TPSA) is 55.8 Å². The molecule has 0 saturated carbocycles. The number of carbonyl (C=O) groups excluding carboxylic acids is 2. The lowest BCUT2D eigenvalue weighted by Gasteiger charge is -2.20. The van der Waals surface area contributed by atoms with Gasteiger partial charge in [0.1, 0.15) is 12.7 Å². The second kappa shape index (κ2) is 23.5. The maximum atomic E-state index is 12.4. The molecule has 2 radical (unpaired) electrons. The van der Waals surface area contributed by atoms with Gasteiger partial charge in [-0.2, -0.15) is 0 Å². The summed E-state index contributed by atoms with van der Waals surface area (Å²) >= 11 is 0. The Labute approximate surface area is 236 Å². The minimum Gasteiger partial charge on any atom is -0.462 e. The molecule has 0 aromatic rings. The molecule has 4 atom stereocenters. The Morgan fingerprint density at radius 3 is 1.76 bits per heavy atom. The molecule has 0 amide bonds. The number of esters is 2. The van der Waals surface area contributed by atoms with Gasteiger partial charge in [-0.05, 0) is 70.5 Å². The van der Waals surface area contributed by atoms with Crippen molar-refractivity contribution in [1.29, 1.82) is 0 Å². The average Bonchev–Trinajstić information content (AvgIpc) is 2.82. The standard InChI is InChI=1S/C33H61NO4/c1-9-10-25-37-33(36)26-31(38-32(35)21-14-24-34(7)8)23-22-30(6)20-13-19-29(5)18-12-17-28(4)16-11-15-27(2)3/h1,9-10,27-31H,11-26H2,2-8H3/b10-9+. The van der Waals surface area contributed by atoms with Crippen LogP contribution in [0.5, 0.6) is 0 Å². The van der Waals surface area contributed by atoms with Gasteiger partial charge in [-0.25, -0.2) is 0 Å². The molecule has 5 heteroatoms. The summed E-state index contributed by atoms with van der Waals surface area (Å²) in [5, 5.41) is 0. The molecule has 5 nitrogen and oxygen atoms in total.